The molecule has 0 amide bonds. The van der Waals surface area contributed by atoms with Crippen molar-refractivity contribution in [1.82, 2.24) is 9.38 Å². The number of carbonyl (C=O) groups excluding carboxylic acids is 1. The number of imidazole rings is 1. The van der Waals surface area contributed by atoms with Crippen LogP contribution in [0.15, 0.2) is 36.5 Å². The molecule has 2 aromatic heterocycles. The summed E-state index contributed by atoms with van der Waals surface area (Å²) in [4.78, 5) is 16.9. The van der Waals surface area contributed by atoms with Crippen molar-refractivity contribution >= 4 is 23.3 Å². The fourth-order valence-electron chi connectivity index (χ4n) is 3.57. The first-order chi connectivity index (χ1) is 13.6. The Morgan fingerprint density at radius 1 is 1.21 bits per heavy atom. The van der Waals surface area contributed by atoms with Crippen molar-refractivity contribution in [3.63, 3.8) is 0 Å². The van der Waals surface area contributed by atoms with E-state index in [9.17, 15) is 4.79 Å². The van der Waals surface area contributed by atoms with Crippen LogP contribution in [0.3, 0.4) is 0 Å². The smallest absolute Gasteiger partial charge is 0.338 e. The van der Waals surface area contributed by atoms with Crippen molar-refractivity contribution in [2.75, 3.05) is 20.8 Å². The molecule has 0 fully saturated rings. The summed E-state index contributed by atoms with van der Waals surface area (Å²) in [5, 5.41) is 0. The molecule has 2 heterocycles. The van der Waals surface area contributed by atoms with Gasteiger partial charge in [0, 0.05) is 19.7 Å². The van der Waals surface area contributed by atoms with Gasteiger partial charge in [0.1, 0.15) is 11.4 Å². The topological polar surface area (TPSA) is 62.1 Å². The highest BCUT2D eigenvalue weighted by atomic mass is 16.5. The van der Waals surface area contributed by atoms with Gasteiger partial charge >= 0.3 is 5.97 Å². The average Bonchev–Trinajstić information content (AvgIpc) is 3.28. The van der Waals surface area contributed by atoms with E-state index in [-0.39, 0.29) is 5.97 Å². The second-order valence-corrected chi connectivity index (χ2v) is 6.62. The minimum absolute atomic E-state index is 0.341. The van der Waals surface area contributed by atoms with Crippen LogP contribution < -0.4 is 4.74 Å². The molecular formula is C22H22N2O4. The van der Waals surface area contributed by atoms with Crippen LogP contribution in [0.25, 0.3) is 17.3 Å². The molecule has 6 nitrogen and oxygen atoms in total. The maximum absolute atomic E-state index is 12.1. The van der Waals surface area contributed by atoms with Crippen LogP contribution in [-0.2, 0) is 22.5 Å². The molecule has 0 radical (unpaired) electrons. The molecule has 3 aromatic rings. The third kappa shape index (κ3) is 3.16. The third-order valence-electron chi connectivity index (χ3n) is 4.88. The molecule has 0 atom stereocenters. The molecule has 144 valence electrons. The molecule has 4 rings (SSSR count). The van der Waals surface area contributed by atoms with Crippen molar-refractivity contribution in [3.05, 3.63) is 64.6 Å². The van der Waals surface area contributed by atoms with Gasteiger partial charge in [-0.15, -0.1) is 0 Å². The lowest BCUT2D eigenvalue weighted by Gasteiger charge is -2.06. The van der Waals surface area contributed by atoms with Gasteiger partial charge in [0.25, 0.3) is 0 Å². The molecule has 6 heteroatoms. The summed E-state index contributed by atoms with van der Waals surface area (Å²) in [7, 11) is 3.34. The van der Waals surface area contributed by atoms with Crippen molar-refractivity contribution in [3.8, 4) is 5.75 Å². The zero-order valence-electron chi connectivity index (χ0n) is 16.2. The first-order valence-electron chi connectivity index (χ1n) is 9.19. The molecule has 1 aromatic carbocycles. The van der Waals surface area contributed by atoms with Crippen LogP contribution in [0.4, 0.5) is 0 Å². The Bertz CT molecular complexity index is 1080. The third-order valence-corrected chi connectivity index (χ3v) is 4.88. The number of ether oxygens (including phenoxy) is 3. The Hall–Kier alpha value is -3.12. The monoisotopic (exact) mass is 378 g/mol. The standard InChI is InChI=1S/C22H22N2O4/c1-4-28-22(25)15-7-8-24-19(13-26-2)21(23-20(24)12-15)17-9-14-5-6-18(27-3)11-16(14)10-17/h5-9,11-12H,4,10,13H2,1-3H3. The fraction of sp³-hybridized carbons (Fsp3) is 0.273. The fourth-order valence-corrected chi connectivity index (χ4v) is 3.57. The van der Waals surface area contributed by atoms with Crippen LogP contribution >= 0.6 is 0 Å². The molecule has 28 heavy (non-hydrogen) atoms. The number of rotatable bonds is 6. The number of allylic oxidation sites excluding steroid dienone is 1. The Labute approximate surface area is 163 Å². The number of hydrogen-bond acceptors (Lipinski definition) is 5. The Kier molecular flexibility index (Phi) is 4.88. The van der Waals surface area contributed by atoms with Crippen molar-refractivity contribution in [2.45, 2.75) is 20.0 Å². The quantitative estimate of drug-likeness (QED) is 0.611. The van der Waals surface area contributed by atoms with Crippen LogP contribution in [0.1, 0.15) is 39.8 Å². The van der Waals surface area contributed by atoms with Crippen LogP contribution in [-0.4, -0.2) is 36.2 Å². The number of fused-ring (bicyclic) bond motifs is 2. The largest absolute Gasteiger partial charge is 0.497 e. The lowest BCUT2D eigenvalue weighted by molar-refractivity contribution is 0.0526. The van der Waals surface area contributed by atoms with Gasteiger partial charge in [0.15, 0.2) is 0 Å². The number of methoxy groups -OCH3 is 2. The molecule has 0 N–H and O–H groups in total. The molecule has 0 aliphatic heterocycles. The first kappa shape index (κ1) is 18.3. The Morgan fingerprint density at radius 2 is 2.07 bits per heavy atom. The lowest BCUT2D eigenvalue weighted by Crippen LogP contribution is -2.05. The minimum Gasteiger partial charge on any atom is -0.497 e. The maximum atomic E-state index is 12.1. The molecule has 0 bridgehead atoms. The second kappa shape index (κ2) is 7.48. The number of esters is 1. The van der Waals surface area contributed by atoms with E-state index in [4.69, 9.17) is 19.2 Å². The highest BCUT2D eigenvalue weighted by molar-refractivity contribution is 5.91. The second-order valence-electron chi connectivity index (χ2n) is 6.62. The van der Waals surface area contributed by atoms with Gasteiger partial charge < -0.3 is 18.6 Å². The molecular weight excluding hydrogens is 356 g/mol. The molecule has 1 aliphatic carbocycles. The zero-order valence-corrected chi connectivity index (χ0v) is 16.2. The Morgan fingerprint density at radius 3 is 2.82 bits per heavy atom. The van der Waals surface area contributed by atoms with Gasteiger partial charge in [0.05, 0.1) is 37.3 Å². The van der Waals surface area contributed by atoms with E-state index in [1.54, 1.807) is 33.3 Å². The average molecular weight is 378 g/mol. The summed E-state index contributed by atoms with van der Waals surface area (Å²) in [6.07, 6.45) is 4.78. The summed E-state index contributed by atoms with van der Waals surface area (Å²) >= 11 is 0. The lowest BCUT2D eigenvalue weighted by atomic mass is 10.1. The SMILES string of the molecule is CCOC(=O)c1ccn2c(COC)c(C3=Cc4ccc(OC)cc4C3)nc2c1. The van der Waals surface area contributed by atoms with Gasteiger partial charge in [-0.25, -0.2) is 9.78 Å². The molecule has 0 saturated carbocycles. The minimum atomic E-state index is -0.345. The van der Waals surface area contributed by atoms with E-state index in [0.717, 1.165) is 29.1 Å². The number of nitrogens with zero attached hydrogens (tertiary/aromatic N) is 2. The van der Waals surface area contributed by atoms with Gasteiger partial charge in [-0.3, -0.25) is 0 Å². The zero-order chi connectivity index (χ0) is 19.7. The first-order valence-corrected chi connectivity index (χ1v) is 9.19. The normalized spacial score (nSPS) is 12.8. The van der Waals surface area contributed by atoms with Gasteiger partial charge in [0.2, 0.25) is 0 Å². The van der Waals surface area contributed by atoms with Crippen LogP contribution in [0.2, 0.25) is 0 Å². The van der Waals surface area contributed by atoms with Gasteiger partial charge in [-0.2, -0.15) is 0 Å². The van der Waals surface area contributed by atoms with Crippen LogP contribution in [0, 0.1) is 0 Å². The highest BCUT2D eigenvalue weighted by Crippen LogP contribution is 2.35. The number of benzene rings is 1. The number of aromatic nitrogens is 2. The predicted octanol–water partition coefficient (Wildman–Crippen LogP) is 3.76. The van der Waals surface area contributed by atoms with Crippen molar-refractivity contribution in [2.24, 2.45) is 0 Å². The molecule has 0 unspecified atom stereocenters. The summed E-state index contributed by atoms with van der Waals surface area (Å²) in [6, 6.07) is 9.59. The van der Waals surface area contributed by atoms with Crippen molar-refractivity contribution in [1.29, 1.82) is 0 Å². The maximum Gasteiger partial charge on any atom is 0.338 e. The summed E-state index contributed by atoms with van der Waals surface area (Å²) in [6.45, 7) is 2.56. The molecule has 1 aliphatic rings. The van der Waals surface area contributed by atoms with Crippen LogP contribution in [0.5, 0.6) is 5.75 Å². The van der Waals surface area contributed by atoms with E-state index < -0.39 is 0 Å². The van der Waals surface area contributed by atoms with Gasteiger partial charge in [-0.05, 0) is 54.0 Å². The van der Waals surface area contributed by atoms with E-state index in [1.807, 2.05) is 16.7 Å². The van der Waals surface area contributed by atoms with E-state index in [2.05, 4.69) is 18.2 Å². The predicted molar refractivity (Wildman–Crippen MR) is 106 cm³/mol. The highest BCUT2D eigenvalue weighted by Gasteiger charge is 2.22. The summed E-state index contributed by atoms with van der Waals surface area (Å²) < 4.78 is 17.8. The van der Waals surface area contributed by atoms with E-state index in [0.29, 0.717) is 24.4 Å². The molecule has 0 saturated heterocycles. The van der Waals surface area contributed by atoms with E-state index >= 15 is 0 Å². The van der Waals surface area contributed by atoms with Crippen molar-refractivity contribution < 1.29 is 19.0 Å². The van der Waals surface area contributed by atoms with E-state index in [1.165, 1.54) is 11.1 Å². The molecule has 0 spiro atoms. The van der Waals surface area contributed by atoms with Gasteiger partial charge in [-0.1, -0.05) is 6.07 Å². The number of carbonyl (C=O) groups is 1. The number of pyridine rings is 1. The Balaban J connectivity index is 1.76. The summed E-state index contributed by atoms with van der Waals surface area (Å²) in [5.41, 5.74) is 6.53. The summed E-state index contributed by atoms with van der Waals surface area (Å²) in [5.74, 6) is 0.502. The number of hydrogen-bond donors (Lipinski definition) is 0.